The summed E-state index contributed by atoms with van der Waals surface area (Å²) in [5.74, 6) is 0.236. The van der Waals surface area contributed by atoms with Gasteiger partial charge in [-0.15, -0.1) is 0 Å². The zero-order valence-corrected chi connectivity index (χ0v) is 18.8. The van der Waals surface area contributed by atoms with Gasteiger partial charge >= 0.3 is 12.2 Å². The third-order valence-corrected chi connectivity index (χ3v) is 10.6. The van der Waals surface area contributed by atoms with Crippen LogP contribution in [0.1, 0.15) is 36.8 Å². The number of ether oxygens (including phenoxy) is 1. The summed E-state index contributed by atoms with van der Waals surface area (Å²) in [6.45, 7) is 1.08. The molecule has 3 aliphatic carbocycles. The van der Waals surface area contributed by atoms with E-state index in [9.17, 15) is 27.9 Å². The number of hydrogen-bond acceptors (Lipinski definition) is 4. The number of quaternary nitrogens is 1. The Labute approximate surface area is 194 Å². The van der Waals surface area contributed by atoms with Crippen LogP contribution in [0.3, 0.4) is 0 Å². The standard InChI is InChI=1S/C24H26F3N3O4/c1-34-14-3-2-13-8-16-17-10-30(7-6-24(25,26)27)12-22(16,30)23(33)5-4-20(18(31)28-19(32)29-20)11-21(17,23)15(13)9-14/h2-3,9,16-17,33H,4-8,10-12H2,1H3,(H-,28,29,31,32)/p+1/t16?,17?,20-,21+,22?,23-,30?/m0/s1. The number of benzene rings is 1. The third-order valence-electron chi connectivity index (χ3n) is 10.6. The van der Waals surface area contributed by atoms with Crippen LogP contribution in [-0.4, -0.2) is 71.1 Å². The van der Waals surface area contributed by atoms with Crippen molar-refractivity contribution in [1.82, 2.24) is 10.6 Å². The highest BCUT2D eigenvalue weighted by atomic mass is 19.4. The van der Waals surface area contributed by atoms with E-state index < -0.39 is 40.7 Å². The molecule has 182 valence electrons. The minimum atomic E-state index is -4.24. The maximum absolute atomic E-state index is 13.2. The molecule has 3 N–H and O–H groups in total. The number of hydrogen-bond donors (Lipinski definition) is 3. The Bertz CT molecular complexity index is 1170. The molecule has 7 rings (SSSR count). The quantitative estimate of drug-likeness (QED) is 0.351. The van der Waals surface area contributed by atoms with Crippen LogP contribution in [0.4, 0.5) is 18.0 Å². The second-order valence-corrected chi connectivity index (χ2v) is 11.4. The van der Waals surface area contributed by atoms with Gasteiger partial charge in [0.2, 0.25) is 0 Å². The van der Waals surface area contributed by atoms with E-state index in [4.69, 9.17) is 4.74 Å². The van der Waals surface area contributed by atoms with E-state index in [0.29, 0.717) is 29.7 Å². The maximum Gasteiger partial charge on any atom is 0.394 e. The molecular formula is C24H27F3N3O4+. The van der Waals surface area contributed by atoms with Gasteiger partial charge in [-0.25, -0.2) is 4.79 Å². The topological polar surface area (TPSA) is 87.7 Å². The fourth-order valence-corrected chi connectivity index (χ4v) is 9.54. The second kappa shape index (κ2) is 5.73. The lowest BCUT2D eigenvalue weighted by molar-refractivity contribution is -0.835. The number of amides is 3. The fraction of sp³-hybridized carbons (Fsp3) is 0.667. The number of halogens is 3. The summed E-state index contributed by atoms with van der Waals surface area (Å²) >= 11 is 0. The number of carbonyl (C=O) groups excluding carboxylic acids is 2. The molecule has 6 aliphatic rings. The highest BCUT2D eigenvalue weighted by molar-refractivity contribution is 6.07. The predicted molar refractivity (Wildman–Crippen MR) is 112 cm³/mol. The first kappa shape index (κ1) is 21.0. The van der Waals surface area contributed by atoms with E-state index in [-0.39, 0.29) is 43.6 Å². The number of piperidine rings is 2. The number of alkyl halides is 3. The van der Waals surface area contributed by atoms with Gasteiger partial charge < -0.3 is 19.6 Å². The monoisotopic (exact) mass is 478 g/mol. The van der Waals surface area contributed by atoms with Crippen molar-refractivity contribution >= 4 is 11.9 Å². The number of carbonyl (C=O) groups is 2. The van der Waals surface area contributed by atoms with Crippen molar-refractivity contribution in [2.24, 2.45) is 11.8 Å². The smallest absolute Gasteiger partial charge is 0.394 e. The minimum Gasteiger partial charge on any atom is -0.497 e. The molecule has 3 amide bonds. The normalized spacial score (nSPS) is 47.1. The lowest BCUT2D eigenvalue weighted by Crippen LogP contribution is -2.71. The molecule has 3 spiro atoms. The van der Waals surface area contributed by atoms with E-state index in [1.807, 2.05) is 18.2 Å². The van der Waals surface area contributed by atoms with Gasteiger partial charge in [0.1, 0.15) is 23.4 Å². The van der Waals surface area contributed by atoms with Crippen LogP contribution in [0.15, 0.2) is 18.2 Å². The van der Waals surface area contributed by atoms with Crippen LogP contribution in [0.25, 0.3) is 0 Å². The molecule has 5 fully saturated rings. The van der Waals surface area contributed by atoms with Gasteiger partial charge in [0.05, 0.1) is 26.6 Å². The van der Waals surface area contributed by atoms with Gasteiger partial charge in [0, 0.05) is 17.3 Å². The number of nitrogens with one attached hydrogen (secondary N) is 2. The average Bonchev–Trinajstić information content (AvgIpc) is 3.24. The van der Waals surface area contributed by atoms with Gasteiger partial charge in [-0.05, 0) is 48.9 Å². The zero-order chi connectivity index (χ0) is 23.9. The van der Waals surface area contributed by atoms with Crippen molar-refractivity contribution in [3.63, 3.8) is 0 Å². The molecule has 2 saturated carbocycles. The lowest BCUT2D eigenvalue weighted by atomic mass is 9.50. The summed E-state index contributed by atoms with van der Waals surface area (Å²) in [5.41, 5.74) is -1.86. The Morgan fingerprint density at radius 2 is 2.03 bits per heavy atom. The largest absolute Gasteiger partial charge is 0.497 e. The van der Waals surface area contributed by atoms with E-state index in [2.05, 4.69) is 10.6 Å². The summed E-state index contributed by atoms with van der Waals surface area (Å²) in [4.78, 5) is 25.1. The molecule has 0 aromatic heterocycles. The number of rotatable bonds is 3. The van der Waals surface area contributed by atoms with E-state index >= 15 is 0 Å². The first-order chi connectivity index (χ1) is 16.0. The number of aliphatic hydroxyl groups is 1. The summed E-state index contributed by atoms with van der Waals surface area (Å²) in [6, 6.07) is 5.27. The highest BCUT2D eigenvalue weighted by Crippen LogP contribution is 2.82. The first-order valence-corrected chi connectivity index (χ1v) is 11.9. The van der Waals surface area contributed by atoms with Crippen LogP contribution in [0.2, 0.25) is 0 Å². The number of fused-ring (bicyclic) bond motifs is 1. The molecule has 3 heterocycles. The highest BCUT2D eigenvalue weighted by Gasteiger charge is 2.98. The fourth-order valence-electron chi connectivity index (χ4n) is 9.54. The van der Waals surface area contributed by atoms with Gasteiger partial charge in [0.15, 0.2) is 5.54 Å². The molecule has 1 aromatic carbocycles. The molecule has 3 saturated heterocycles. The average molecular weight is 478 g/mol. The molecule has 4 bridgehead atoms. The van der Waals surface area contributed by atoms with Crippen molar-refractivity contribution in [1.29, 1.82) is 0 Å². The second-order valence-electron chi connectivity index (χ2n) is 11.4. The SMILES string of the molecule is COc1ccc2c(c1)[C@@]13C[C@]4(CC[C@@]1(O)C15C[N+]1(CCC(F)(F)F)CC3C5C2)NC(=O)NC4=O. The molecule has 0 radical (unpaired) electrons. The van der Waals surface area contributed by atoms with Gasteiger partial charge in [0.25, 0.3) is 5.91 Å². The van der Waals surface area contributed by atoms with Crippen molar-refractivity contribution in [2.45, 2.75) is 60.4 Å². The molecule has 7 nitrogen and oxygen atoms in total. The van der Waals surface area contributed by atoms with Gasteiger partial charge in [-0.1, -0.05) is 6.07 Å². The zero-order valence-electron chi connectivity index (χ0n) is 18.8. The molecule has 1 aromatic rings. The number of urea groups is 1. The summed E-state index contributed by atoms with van der Waals surface area (Å²) < 4.78 is 45.5. The Hall–Kier alpha value is -2.33. The number of methoxy groups -OCH3 is 1. The Morgan fingerprint density at radius 1 is 1.24 bits per heavy atom. The van der Waals surface area contributed by atoms with E-state index in [1.165, 1.54) is 0 Å². The van der Waals surface area contributed by atoms with Crippen molar-refractivity contribution < 1.29 is 37.1 Å². The molecule has 7 atom stereocenters. The van der Waals surface area contributed by atoms with Crippen LogP contribution < -0.4 is 15.4 Å². The van der Waals surface area contributed by atoms with E-state index in [1.54, 1.807) is 7.11 Å². The molecule has 3 aliphatic heterocycles. The number of nitrogens with zero attached hydrogens (tertiary/aromatic N) is 1. The van der Waals surface area contributed by atoms with Crippen LogP contribution in [0, 0.1) is 11.8 Å². The Kier molecular flexibility index (Phi) is 3.54. The van der Waals surface area contributed by atoms with Crippen LogP contribution >= 0.6 is 0 Å². The summed E-state index contributed by atoms with van der Waals surface area (Å²) in [5, 5.41) is 17.9. The van der Waals surface area contributed by atoms with E-state index in [0.717, 1.165) is 11.1 Å². The minimum absolute atomic E-state index is 0.0169. The first-order valence-electron chi connectivity index (χ1n) is 11.9. The Morgan fingerprint density at radius 3 is 2.71 bits per heavy atom. The maximum atomic E-state index is 13.2. The summed E-state index contributed by atoms with van der Waals surface area (Å²) in [6.07, 6.45) is -3.63. The molecule has 10 heteroatoms. The molecule has 4 unspecified atom stereocenters. The van der Waals surface area contributed by atoms with Crippen LogP contribution in [-0.2, 0) is 16.6 Å². The molecular weight excluding hydrogens is 451 g/mol. The van der Waals surface area contributed by atoms with Crippen molar-refractivity contribution in [2.75, 3.05) is 26.7 Å². The number of imide groups is 1. The Balaban J connectivity index is 1.41. The van der Waals surface area contributed by atoms with Crippen molar-refractivity contribution in [3.8, 4) is 5.75 Å². The van der Waals surface area contributed by atoms with Crippen LogP contribution in [0.5, 0.6) is 5.75 Å². The van der Waals surface area contributed by atoms with Gasteiger partial charge in [-0.3, -0.25) is 10.1 Å². The predicted octanol–water partition coefficient (Wildman–Crippen LogP) is 1.76. The molecule has 34 heavy (non-hydrogen) atoms. The summed E-state index contributed by atoms with van der Waals surface area (Å²) in [7, 11) is 1.57. The lowest BCUT2D eigenvalue weighted by Gasteiger charge is -2.57. The third kappa shape index (κ3) is 2.03. The van der Waals surface area contributed by atoms with Crippen molar-refractivity contribution in [3.05, 3.63) is 29.3 Å². The van der Waals surface area contributed by atoms with Gasteiger partial charge in [-0.2, -0.15) is 13.2 Å².